The van der Waals surface area contributed by atoms with E-state index in [-0.39, 0.29) is 6.04 Å². The molecule has 0 aromatic carbocycles. The van der Waals surface area contributed by atoms with Crippen LogP contribution in [-0.2, 0) is 4.79 Å². The first-order chi connectivity index (χ1) is 7.70. The number of amides is 1. The molecular formula is C13H24N2O. The number of nitrogens with two attached hydrogens (primary N) is 1. The molecule has 0 heterocycles. The highest BCUT2D eigenvalue weighted by Gasteiger charge is 2.32. The Hall–Kier alpha value is -0.570. The van der Waals surface area contributed by atoms with Crippen LogP contribution in [0.15, 0.2) is 0 Å². The predicted molar refractivity (Wildman–Crippen MR) is 65.0 cm³/mol. The fourth-order valence-corrected chi connectivity index (χ4v) is 3.25. The number of likely N-dealkylation sites (N-methyl/N-ethyl adjacent to an activating group) is 1. The zero-order valence-corrected chi connectivity index (χ0v) is 10.3. The van der Waals surface area contributed by atoms with Crippen molar-refractivity contribution in [2.45, 2.75) is 63.5 Å². The van der Waals surface area contributed by atoms with Gasteiger partial charge < -0.3 is 10.6 Å². The summed E-state index contributed by atoms with van der Waals surface area (Å²) in [6.45, 7) is 0. The predicted octanol–water partition coefficient (Wildman–Crippen LogP) is 1.90. The number of carbonyl (C=O) groups is 1. The van der Waals surface area contributed by atoms with Gasteiger partial charge in [0.1, 0.15) is 0 Å². The van der Waals surface area contributed by atoms with E-state index in [0.29, 0.717) is 17.9 Å². The Morgan fingerprint density at radius 3 is 2.25 bits per heavy atom. The maximum atomic E-state index is 12.3. The summed E-state index contributed by atoms with van der Waals surface area (Å²) in [5.74, 6) is 0.638. The minimum absolute atomic E-state index is 0.198. The van der Waals surface area contributed by atoms with Crippen molar-refractivity contribution in [2.75, 3.05) is 7.05 Å². The van der Waals surface area contributed by atoms with Crippen LogP contribution in [0, 0.1) is 5.92 Å². The highest BCUT2D eigenvalue weighted by Crippen LogP contribution is 2.29. The monoisotopic (exact) mass is 224 g/mol. The summed E-state index contributed by atoms with van der Waals surface area (Å²) in [6, 6.07) is 0.492. The molecule has 0 bridgehead atoms. The van der Waals surface area contributed by atoms with E-state index >= 15 is 0 Å². The number of hydrogen-bond acceptors (Lipinski definition) is 2. The Morgan fingerprint density at radius 1 is 1.06 bits per heavy atom. The van der Waals surface area contributed by atoms with Gasteiger partial charge in [0.15, 0.2) is 0 Å². The number of hydrogen-bond donors (Lipinski definition) is 1. The Labute approximate surface area is 98.4 Å². The van der Waals surface area contributed by atoms with Crippen LogP contribution in [0.4, 0.5) is 0 Å². The van der Waals surface area contributed by atoms with Crippen LogP contribution >= 0.6 is 0 Å². The average molecular weight is 224 g/mol. The second-order valence-corrected chi connectivity index (χ2v) is 5.45. The molecule has 2 aliphatic carbocycles. The van der Waals surface area contributed by atoms with E-state index in [1.807, 2.05) is 11.9 Å². The lowest BCUT2D eigenvalue weighted by Gasteiger charge is -2.37. The summed E-state index contributed by atoms with van der Waals surface area (Å²) < 4.78 is 0. The zero-order valence-electron chi connectivity index (χ0n) is 10.3. The molecule has 2 N–H and O–H groups in total. The lowest BCUT2D eigenvalue weighted by atomic mass is 9.89. The molecule has 2 rings (SSSR count). The topological polar surface area (TPSA) is 46.3 Å². The molecule has 0 radical (unpaired) electrons. The molecule has 0 spiro atoms. The molecule has 2 atom stereocenters. The van der Waals surface area contributed by atoms with Gasteiger partial charge in [-0.2, -0.15) is 0 Å². The van der Waals surface area contributed by atoms with Gasteiger partial charge in [-0.05, 0) is 25.7 Å². The van der Waals surface area contributed by atoms with E-state index in [2.05, 4.69) is 0 Å². The van der Waals surface area contributed by atoms with Crippen LogP contribution in [0.3, 0.4) is 0 Å². The Kier molecular flexibility index (Phi) is 3.85. The number of rotatable bonds is 2. The van der Waals surface area contributed by atoms with Gasteiger partial charge in [-0.25, -0.2) is 0 Å². The summed E-state index contributed by atoms with van der Waals surface area (Å²) >= 11 is 0. The van der Waals surface area contributed by atoms with Crippen LogP contribution in [0.25, 0.3) is 0 Å². The van der Waals surface area contributed by atoms with Crippen LogP contribution in [-0.4, -0.2) is 29.9 Å². The van der Waals surface area contributed by atoms with Crippen molar-refractivity contribution in [3.63, 3.8) is 0 Å². The lowest BCUT2D eigenvalue weighted by Crippen LogP contribution is -2.51. The maximum absolute atomic E-state index is 12.3. The molecule has 0 aromatic rings. The first-order valence-electron chi connectivity index (χ1n) is 6.72. The molecule has 3 heteroatoms. The quantitative estimate of drug-likeness (QED) is 0.778. The van der Waals surface area contributed by atoms with Crippen molar-refractivity contribution in [1.82, 2.24) is 4.90 Å². The van der Waals surface area contributed by atoms with E-state index in [1.54, 1.807) is 0 Å². The van der Waals surface area contributed by atoms with E-state index < -0.39 is 0 Å². The van der Waals surface area contributed by atoms with Crippen LogP contribution in [0.1, 0.15) is 51.4 Å². The Morgan fingerprint density at radius 2 is 1.62 bits per heavy atom. The summed E-state index contributed by atoms with van der Waals surface area (Å²) in [6.07, 6.45) is 9.24. The fourth-order valence-electron chi connectivity index (χ4n) is 3.25. The molecule has 16 heavy (non-hydrogen) atoms. The molecule has 3 nitrogen and oxygen atoms in total. The van der Waals surface area contributed by atoms with Crippen molar-refractivity contribution in [2.24, 2.45) is 11.7 Å². The van der Waals surface area contributed by atoms with Gasteiger partial charge in [-0.3, -0.25) is 4.79 Å². The highest BCUT2D eigenvalue weighted by atomic mass is 16.2. The van der Waals surface area contributed by atoms with Crippen LogP contribution < -0.4 is 5.73 Å². The van der Waals surface area contributed by atoms with E-state index in [0.717, 1.165) is 25.7 Å². The second-order valence-electron chi connectivity index (χ2n) is 5.45. The summed E-state index contributed by atoms with van der Waals surface area (Å²) in [4.78, 5) is 14.2. The Bertz CT molecular complexity index is 248. The van der Waals surface area contributed by atoms with Gasteiger partial charge in [-0.15, -0.1) is 0 Å². The third-order valence-electron chi connectivity index (χ3n) is 4.33. The van der Waals surface area contributed by atoms with Gasteiger partial charge in [-0.1, -0.05) is 25.7 Å². The summed E-state index contributed by atoms with van der Waals surface area (Å²) in [5, 5.41) is 0. The third-order valence-corrected chi connectivity index (χ3v) is 4.33. The second kappa shape index (κ2) is 5.17. The van der Waals surface area contributed by atoms with Crippen molar-refractivity contribution in [3.05, 3.63) is 0 Å². The number of carbonyl (C=O) groups excluding carboxylic acids is 1. The molecule has 2 aliphatic rings. The van der Waals surface area contributed by atoms with Gasteiger partial charge in [0.25, 0.3) is 0 Å². The minimum Gasteiger partial charge on any atom is -0.341 e. The molecule has 92 valence electrons. The SMILES string of the molecule is CN(C(=O)C1CCCC1)C1CCCCC1N. The van der Waals surface area contributed by atoms with Crippen LogP contribution in [0.5, 0.6) is 0 Å². The summed E-state index contributed by atoms with van der Waals surface area (Å²) in [5.41, 5.74) is 6.12. The minimum atomic E-state index is 0.198. The molecular weight excluding hydrogens is 200 g/mol. The fraction of sp³-hybridized carbons (Fsp3) is 0.923. The highest BCUT2D eigenvalue weighted by molar-refractivity contribution is 5.79. The van der Waals surface area contributed by atoms with Gasteiger partial charge in [0.2, 0.25) is 5.91 Å². The third kappa shape index (κ3) is 2.40. The largest absolute Gasteiger partial charge is 0.341 e. The molecule has 0 saturated heterocycles. The standard InChI is InChI=1S/C13H24N2O/c1-15(12-9-5-4-8-11(12)14)13(16)10-6-2-3-7-10/h10-12H,2-9,14H2,1H3. The number of nitrogens with zero attached hydrogens (tertiary/aromatic N) is 1. The van der Waals surface area contributed by atoms with Gasteiger partial charge >= 0.3 is 0 Å². The Balaban J connectivity index is 1.94. The molecule has 2 saturated carbocycles. The molecule has 0 aliphatic heterocycles. The average Bonchev–Trinajstić information content (AvgIpc) is 2.81. The van der Waals surface area contributed by atoms with Crippen molar-refractivity contribution >= 4 is 5.91 Å². The van der Waals surface area contributed by atoms with E-state index in [4.69, 9.17) is 5.73 Å². The van der Waals surface area contributed by atoms with Gasteiger partial charge in [0.05, 0.1) is 0 Å². The van der Waals surface area contributed by atoms with Gasteiger partial charge in [0, 0.05) is 25.0 Å². The summed E-state index contributed by atoms with van der Waals surface area (Å²) in [7, 11) is 1.95. The van der Waals surface area contributed by atoms with E-state index in [9.17, 15) is 4.79 Å². The molecule has 2 fully saturated rings. The maximum Gasteiger partial charge on any atom is 0.225 e. The molecule has 1 amide bonds. The first-order valence-corrected chi connectivity index (χ1v) is 6.72. The molecule has 0 aromatic heterocycles. The van der Waals surface area contributed by atoms with Crippen molar-refractivity contribution < 1.29 is 4.79 Å². The smallest absolute Gasteiger partial charge is 0.225 e. The van der Waals surface area contributed by atoms with Crippen LogP contribution in [0.2, 0.25) is 0 Å². The first kappa shape index (κ1) is 11.9. The van der Waals surface area contributed by atoms with Crippen molar-refractivity contribution in [1.29, 1.82) is 0 Å². The zero-order chi connectivity index (χ0) is 11.5. The molecule has 2 unspecified atom stereocenters. The lowest BCUT2D eigenvalue weighted by molar-refractivity contribution is -0.137. The van der Waals surface area contributed by atoms with E-state index in [1.165, 1.54) is 25.7 Å². The normalized spacial score (nSPS) is 31.6. The van der Waals surface area contributed by atoms with Crippen molar-refractivity contribution in [3.8, 4) is 0 Å².